The fraction of sp³-hybridized carbons (Fsp3) is 0.290. The summed E-state index contributed by atoms with van der Waals surface area (Å²) in [7, 11) is 0. The number of hydroxylamine groups is 2. The Morgan fingerprint density at radius 1 is 0.976 bits per heavy atom. The van der Waals surface area contributed by atoms with Crippen molar-refractivity contribution in [2.45, 2.75) is 13.0 Å². The highest BCUT2D eigenvalue weighted by atomic mass is 35.5. The standard InChI is InChI=1S/C31H34ClN5O4/c32-26-11-9-24(10-12-26)27-7-2-1-6-25(27)22-36-17-15-35(16-18-36)19-20-41-29-13-8-23(21-28(29)30(33)38)5-3-4-14-37(40)31(34)39/h1-2,6-13,21,40H,4,14-20,22H2,(H2,33,38)(H2,34,39). The van der Waals surface area contributed by atoms with Crippen LogP contribution in [0.3, 0.4) is 0 Å². The van der Waals surface area contributed by atoms with Crippen LogP contribution < -0.4 is 16.2 Å². The lowest BCUT2D eigenvalue weighted by atomic mass is 9.99. The number of nitrogens with zero attached hydrogens (tertiary/aromatic N) is 3. The molecule has 5 N–H and O–H groups in total. The number of primary amides is 2. The third kappa shape index (κ3) is 8.71. The molecule has 41 heavy (non-hydrogen) atoms. The molecule has 214 valence electrons. The van der Waals surface area contributed by atoms with Gasteiger partial charge in [0.1, 0.15) is 12.4 Å². The molecule has 0 saturated carbocycles. The van der Waals surface area contributed by atoms with Crippen LogP contribution in [-0.4, -0.2) is 77.9 Å². The number of piperazine rings is 1. The molecule has 3 aromatic rings. The summed E-state index contributed by atoms with van der Waals surface area (Å²) in [5, 5.41) is 10.4. The van der Waals surface area contributed by atoms with E-state index in [1.807, 2.05) is 12.1 Å². The van der Waals surface area contributed by atoms with Gasteiger partial charge in [-0.3, -0.25) is 19.8 Å². The molecular weight excluding hydrogens is 542 g/mol. The fourth-order valence-electron chi connectivity index (χ4n) is 4.63. The molecule has 0 spiro atoms. The van der Waals surface area contributed by atoms with Crippen LogP contribution in [0.25, 0.3) is 11.1 Å². The number of hydrogen-bond donors (Lipinski definition) is 3. The Labute approximate surface area is 245 Å². The number of carbonyl (C=O) groups excluding carboxylic acids is 2. The van der Waals surface area contributed by atoms with Gasteiger partial charge >= 0.3 is 6.03 Å². The average molecular weight is 576 g/mol. The molecule has 1 aliphatic rings. The number of rotatable bonds is 10. The second-order valence-corrected chi connectivity index (χ2v) is 10.2. The Bertz CT molecular complexity index is 1410. The summed E-state index contributed by atoms with van der Waals surface area (Å²) in [5.74, 6) is 5.52. The molecule has 0 radical (unpaired) electrons. The molecule has 10 heteroatoms. The lowest BCUT2D eigenvalue weighted by Crippen LogP contribution is -2.47. The van der Waals surface area contributed by atoms with Gasteiger partial charge in [0.25, 0.3) is 5.91 Å². The average Bonchev–Trinajstić information content (AvgIpc) is 2.97. The van der Waals surface area contributed by atoms with Gasteiger partial charge in [-0.25, -0.2) is 9.86 Å². The molecule has 4 rings (SSSR count). The number of halogens is 1. The van der Waals surface area contributed by atoms with E-state index >= 15 is 0 Å². The van der Waals surface area contributed by atoms with Gasteiger partial charge in [-0.2, -0.15) is 0 Å². The highest BCUT2D eigenvalue weighted by molar-refractivity contribution is 6.30. The Hall–Kier alpha value is -4.07. The van der Waals surface area contributed by atoms with Crippen molar-refractivity contribution >= 4 is 23.5 Å². The van der Waals surface area contributed by atoms with Crippen LogP contribution in [0.15, 0.2) is 66.7 Å². The smallest absolute Gasteiger partial charge is 0.338 e. The van der Waals surface area contributed by atoms with Crippen LogP contribution in [0.4, 0.5) is 4.79 Å². The summed E-state index contributed by atoms with van der Waals surface area (Å²) in [5.41, 5.74) is 15.0. The molecule has 1 fully saturated rings. The van der Waals surface area contributed by atoms with E-state index in [1.165, 1.54) is 11.1 Å². The fourth-order valence-corrected chi connectivity index (χ4v) is 4.75. The van der Waals surface area contributed by atoms with E-state index in [0.717, 1.165) is 49.9 Å². The van der Waals surface area contributed by atoms with E-state index in [-0.39, 0.29) is 18.5 Å². The predicted octanol–water partition coefficient (Wildman–Crippen LogP) is 3.81. The Kier molecular flexibility index (Phi) is 10.6. The van der Waals surface area contributed by atoms with Crippen LogP contribution in [0.1, 0.15) is 27.9 Å². The molecule has 0 bridgehead atoms. The van der Waals surface area contributed by atoms with Gasteiger partial charge in [0.05, 0.1) is 12.1 Å². The number of amides is 3. The van der Waals surface area contributed by atoms with Crippen molar-refractivity contribution < 1.29 is 19.5 Å². The van der Waals surface area contributed by atoms with Crippen LogP contribution >= 0.6 is 11.6 Å². The van der Waals surface area contributed by atoms with Crippen molar-refractivity contribution in [3.8, 4) is 28.7 Å². The lowest BCUT2D eigenvalue weighted by Gasteiger charge is -2.35. The Morgan fingerprint density at radius 3 is 2.39 bits per heavy atom. The molecular formula is C31H34ClN5O4. The molecule has 1 heterocycles. The van der Waals surface area contributed by atoms with Crippen molar-refractivity contribution in [2.24, 2.45) is 11.5 Å². The molecule has 0 aromatic heterocycles. The van der Waals surface area contributed by atoms with Crippen LogP contribution in [-0.2, 0) is 6.54 Å². The Morgan fingerprint density at radius 2 is 1.68 bits per heavy atom. The first-order valence-corrected chi connectivity index (χ1v) is 13.8. The normalized spacial score (nSPS) is 13.7. The SMILES string of the molecule is NC(=O)c1cc(C#CCCN(O)C(N)=O)ccc1OCCN1CCN(Cc2ccccc2-c2ccc(Cl)cc2)CC1. The second kappa shape index (κ2) is 14.5. The number of hydrogen-bond acceptors (Lipinski definition) is 6. The molecule has 1 saturated heterocycles. The summed E-state index contributed by atoms with van der Waals surface area (Å²) >= 11 is 6.08. The summed E-state index contributed by atoms with van der Waals surface area (Å²) in [6, 6.07) is 20.5. The maximum absolute atomic E-state index is 12.0. The number of urea groups is 1. The summed E-state index contributed by atoms with van der Waals surface area (Å²) in [6.45, 7) is 5.75. The monoisotopic (exact) mass is 575 g/mol. The molecule has 1 aliphatic heterocycles. The minimum atomic E-state index is -0.942. The van der Waals surface area contributed by atoms with Crippen LogP contribution in [0.2, 0.25) is 5.02 Å². The van der Waals surface area contributed by atoms with Crippen molar-refractivity contribution in [3.63, 3.8) is 0 Å². The number of ether oxygens (including phenoxy) is 1. The van der Waals surface area contributed by atoms with Gasteiger partial charge in [-0.15, -0.1) is 0 Å². The van der Waals surface area contributed by atoms with Crippen LogP contribution in [0, 0.1) is 11.8 Å². The first kappa shape index (κ1) is 29.9. The molecule has 3 amide bonds. The Balaban J connectivity index is 1.25. The van der Waals surface area contributed by atoms with E-state index in [9.17, 15) is 14.8 Å². The molecule has 0 atom stereocenters. The molecule has 9 nitrogen and oxygen atoms in total. The van der Waals surface area contributed by atoms with Crippen LogP contribution in [0.5, 0.6) is 5.75 Å². The van der Waals surface area contributed by atoms with E-state index in [2.05, 4.69) is 58.0 Å². The molecule has 0 unspecified atom stereocenters. The number of nitrogens with two attached hydrogens (primary N) is 2. The molecule has 3 aromatic carbocycles. The van der Waals surface area contributed by atoms with E-state index in [4.69, 9.17) is 27.8 Å². The van der Waals surface area contributed by atoms with E-state index in [1.54, 1.807) is 18.2 Å². The third-order valence-corrected chi connectivity index (χ3v) is 7.13. The highest BCUT2D eigenvalue weighted by Crippen LogP contribution is 2.26. The number of benzene rings is 3. The quantitative estimate of drug-likeness (QED) is 0.192. The van der Waals surface area contributed by atoms with Gasteiger partial charge in [0.2, 0.25) is 0 Å². The zero-order valence-electron chi connectivity index (χ0n) is 22.8. The zero-order valence-corrected chi connectivity index (χ0v) is 23.5. The van der Waals surface area contributed by atoms with Gasteiger partial charge in [0.15, 0.2) is 0 Å². The largest absolute Gasteiger partial charge is 0.491 e. The van der Waals surface area contributed by atoms with Crippen molar-refractivity contribution in [3.05, 3.63) is 88.4 Å². The maximum atomic E-state index is 12.0. The van der Waals surface area contributed by atoms with Crippen molar-refractivity contribution in [1.29, 1.82) is 0 Å². The summed E-state index contributed by atoms with van der Waals surface area (Å²) in [6.07, 6.45) is 0.214. The van der Waals surface area contributed by atoms with E-state index in [0.29, 0.717) is 23.0 Å². The summed E-state index contributed by atoms with van der Waals surface area (Å²) in [4.78, 5) is 27.7. The second-order valence-electron chi connectivity index (χ2n) is 9.72. The van der Waals surface area contributed by atoms with Gasteiger partial charge < -0.3 is 16.2 Å². The first-order chi connectivity index (χ1) is 19.8. The zero-order chi connectivity index (χ0) is 29.2. The minimum absolute atomic E-state index is 0.0167. The minimum Gasteiger partial charge on any atom is -0.491 e. The molecule has 0 aliphatic carbocycles. The third-order valence-electron chi connectivity index (χ3n) is 6.88. The van der Waals surface area contributed by atoms with Gasteiger partial charge in [-0.1, -0.05) is 59.8 Å². The first-order valence-electron chi connectivity index (χ1n) is 13.4. The maximum Gasteiger partial charge on any atom is 0.338 e. The van der Waals surface area contributed by atoms with Crippen molar-refractivity contribution in [1.82, 2.24) is 14.9 Å². The summed E-state index contributed by atoms with van der Waals surface area (Å²) < 4.78 is 5.93. The lowest BCUT2D eigenvalue weighted by molar-refractivity contribution is -0.0372. The highest BCUT2D eigenvalue weighted by Gasteiger charge is 2.19. The van der Waals surface area contributed by atoms with Gasteiger partial charge in [0, 0.05) is 56.3 Å². The van der Waals surface area contributed by atoms with Gasteiger partial charge in [-0.05, 0) is 47.0 Å². The van der Waals surface area contributed by atoms with E-state index < -0.39 is 11.9 Å². The number of carbonyl (C=O) groups is 2. The predicted molar refractivity (Wildman–Crippen MR) is 159 cm³/mol. The van der Waals surface area contributed by atoms with Crippen molar-refractivity contribution in [2.75, 3.05) is 45.9 Å². The topological polar surface area (TPSA) is 125 Å².